The molecule has 0 saturated heterocycles. The molecule has 2 rings (SSSR count). The normalized spacial score (nSPS) is 9.92. The minimum Gasteiger partial charge on any atom is -0.507 e. The average molecular weight is 360 g/mol. The first-order valence-electron chi connectivity index (χ1n) is 8.41. The summed E-state index contributed by atoms with van der Waals surface area (Å²) in [6.07, 6.45) is 2.08. The van der Waals surface area contributed by atoms with E-state index in [0.717, 1.165) is 0 Å². The van der Waals surface area contributed by atoms with Crippen molar-refractivity contribution in [2.75, 3.05) is 0 Å². The Morgan fingerprint density at radius 3 is 1.15 bits per heavy atom. The fourth-order valence-corrected chi connectivity index (χ4v) is 2.33. The summed E-state index contributed by atoms with van der Waals surface area (Å²) in [6.45, 7) is 3.74. The number of benzene rings is 2. The summed E-state index contributed by atoms with van der Waals surface area (Å²) in [5, 5.41) is 37.2. The zero-order valence-corrected chi connectivity index (χ0v) is 14.9. The highest BCUT2D eigenvalue weighted by molar-refractivity contribution is 6.01. The summed E-state index contributed by atoms with van der Waals surface area (Å²) >= 11 is 0. The van der Waals surface area contributed by atoms with Gasteiger partial charge in [-0.1, -0.05) is 26.0 Å². The monoisotopic (exact) mass is 360 g/mol. The molecule has 6 heteroatoms. The van der Waals surface area contributed by atoms with Gasteiger partial charge in [0, 0.05) is 12.8 Å². The zero-order chi connectivity index (χ0) is 19.7. The number of hydrogen-bond donors (Lipinski definition) is 4. The molecular weight excluding hydrogens is 336 g/mol. The predicted molar refractivity (Wildman–Crippen MR) is 98.0 cm³/mol. The van der Waals surface area contributed by atoms with Gasteiger partial charge in [0.15, 0.2) is 11.6 Å². The van der Waals surface area contributed by atoms with Crippen molar-refractivity contribution in [2.45, 2.75) is 39.5 Å². The second-order valence-corrected chi connectivity index (χ2v) is 5.69. The molecule has 2 aromatic rings. The molecule has 2 aromatic carbocycles. The first-order chi connectivity index (χ1) is 12.3. The third-order valence-electron chi connectivity index (χ3n) is 3.55. The van der Waals surface area contributed by atoms with Crippen molar-refractivity contribution < 1.29 is 30.0 Å². The van der Waals surface area contributed by atoms with E-state index in [-0.39, 0.29) is 45.7 Å². The van der Waals surface area contributed by atoms with E-state index in [9.17, 15) is 30.0 Å². The summed E-state index contributed by atoms with van der Waals surface area (Å²) in [5.74, 6) is -1.06. The maximum Gasteiger partial charge on any atom is 0.170 e. The van der Waals surface area contributed by atoms with Crippen LogP contribution in [0.15, 0.2) is 36.4 Å². The van der Waals surface area contributed by atoms with Gasteiger partial charge in [-0.25, -0.2) is 0 Å². The zero-order valence-electron chi connectivity index (χ0n) is 14.9. The van der Waals surface area contributed by atoms with Gasteiger partial charge in [0.05, 0.1) is 0 Å². The third-order valence-corrected chi connectivity index (χ3v) is 3.55. The third kappa shape index (κ3) is 5.51. The van der Waals surface area contributed by atoms with Crippen molar-refractivity contribution in [3.05, 3.63) is 47.5 Å². The Balaban J connectivity index is 0.000000260. The highest BCUT2D eigenvalue weighted by Gasteiger charge is 2.15. The SMILES string of the molecule is CCCC(=O)c1c(O)cccc1O.CCCC(=O)c1c(O)cccc1O. The van der Waals surface area contributed by atoms with Crippen LogP contribution in [-0.4, -0.2) is 32.0 Å². The van der Waals surface area contributed by atoms with Crippen LogP contribution in [0.1, 0.15) is 60.2 Å². The van der Waals surface area contributed by atoms with Crippen molar-refractivity contribution in [1.82, 2.24) is 0 Å². The number of hydrogen-bond acceptors (Lipinski definition) is 6. The van der Waals surface area contributed by atoms with E-state index >= 15 is 0 Å². The first-order valence-corrected chi connectivity index (χ1v) is 8.41. The quantitative estimate of drug-likeness (QED) is 0.575. The molecular formula is C20H24O6. The molecule has 0 spiro atoms. The maximum atomic E-state index is 11.4. The standard InChI is InChI=1S/2C10H12O3/c2*1-2-4-7(11)10-8(12)5-3-6-9(10)13/h2*3,5-6,12-13H,2,4H2,1H3. The Hall–Kier alpha value is -3.02. The van der Waals surface area contributed by atoms with Crippen LogP contribution in [0, 0.1) is 0 Å². The van der Waals surface area contributed by atoms with Crippen LogP contribution in [0.5, 0.6) is 23.0 Å². The van der Waals surface area contributed by atoms with Crippen LogP contribution >= 0.6 is 0 Å². The van der Waals surface area contributed by atoms with Crippen molar-refractivity contribution in [1.29, 1.82) is 0 Å². The Morgan fingerprint density at radius 1 is 0.654 bits per heavy atom. The van der Waals surface area contributed by atoms with Crippen molar-refractivity contribution in [2.24, 2.45) is 0 Å². The lowest BCUT2D eigenvalue weighted by Crippen LogP contribution is -1.98. The van der Waals surface area contributed by atoms with Crippen LogP contribution in [-0.2, 0) is 0 Å². The van der Waals surface area contributed by atoms with E-state index in [1.807, 2.05) is 13.8 Å². The van der Waals surface area contributed by atoms with Gasteiger partial charge in [-0.05, 0) is 37.1 Å². The van der Waals surface area contributed by atoms with Crippen LogP contribution in [0.25, 0.3) is 0 Å². The molecule has 0 aliphatic carbocycles. The van der Waals surface area contributed by atoms with Gasteiger partial charge in [-0.2, -0.15) is 0 Å². The lowest BCUT2D eigenvalue weighted by Gasteiger charge is -2.04. The molecule has 0 fully saturated rings. The molecule has 0 unspecified atom stereocenters. The number of rotatable bonds is 6. The van der Waals surface area contributed by atoms with Gasteiger partial charge in [-0.3, -0.25) is 9.59 Å². The molecule has 0 aliphatic rings. The van der Waals surface area contributed by atoms with E-state index in [1.54, 1.807) is 0 Å². The van der Waals surface area contributed by atoms with E-state index in [4.69, 9.17) is 0 Å². The van der Waals surface area contributed by atoms with E-state index in [0.29, 0.717) is 25.7 Å². The lowest BCUT2D eigenvalue weighted by atomic mass is 10.1. The minimum atomic E-state index is -0.224. The van der Waals surface area contributed by atoms with Crippen molar-refractivity contribution in [3.8, 4) is 23.0 Å². The van der Waals surface area contributed by atoms with Crippen LogP contribution in [0.3, 0.4) is 0 Å². The Morgan fingerprint density at radius 2 is 0.923 bits per heavy atom. The Bertz CT molecular complexity index is 661. The second-order valence-electron chi connectivity index (χ2n) is 5.69. The van der Waals surface area contributed by atoms with E-state index in [1.165, 1.54) is 36.4 Å². The fraction of sp³-hybridized carbons (Fsp3) is 0.300. The molecule has 0 radical (unpaired) electrons. The highest BCUT2D eigenvalue weighted by Crippen LogP contribution is 2.28. The van der Waals surface area contributed by atoms with Crippen LogP contribution in [0.4, 0.5) is 0 Å². The summed E-state index contributed by atoms with van der Waals surface area (Å²) < 4.78 is 0. The maximum absolute atomic E-state index is 11.4. The van der Waals surface area contributed by atoms with E-state index < -0.39 is 0 Å². The van der Waals surface area contributed by atoms with Crippen LogP contribution < -0.4 is 0 Å². The smallest absolute Gasteiger partial charge is 0.170 e. The van der Waals surface area contributed by atoms with Gasteiger partial charge >= 0.3 is 0 Å². The molecule has 0 saturated carbocycles. The van der Waals surface area contributed by atoms with Crippen LogP contribution in [0.2, 0.25) is 0 Å². The van der Waals surface area contributed by atoms with Gasteiger partial charge in [0.25, 0.3) is 0 Å². The molecule has 4 N–H and O–H groups in total. The number of carbonyl (C=O) groups excluding carboxylic acids is 2. The minimum absolute atomic E-state index is 0.0318. The highest BCUT2D eigenvalue weighted by atomic mass is 16.3. The second kappa shape index (κ2) is 10.1. The molecule has 0 aromatic heterocycles. The number of phenolic OH excluding ortho intramolecular Hbond substituents is 4. The average Bonchev–Trinajstić information content (AvgIpc) is 2.55. The summed E-state index contributed by atoms with van der Waals surface area (Å²) in [7, 11) is 0. The number of aromatic hydroxyl groups is 4. The summed E-state index contributed by atoms with van der Waals surface area (Å²) in [5.41, 5.74) is 0.0636. The number of carbonyl (C=O) groups is 2. The predicted octanol–water partition coefficient (Wildman–Crippen LogP) is 4.16. The van der Waals surface area contributed by atoms with Crippen molar-refractivity contribution in [3.63, 3.8) is 0 Å². The Labute approximate surface area is 152 Å². The molecule has 26 heavy (non-hydrogen) atoms. The molecule has 140 valence electrons. The molecule has 0 aliphatic heterocycles. The summed E-state index contributed by atoms with van der Waals surface area (Å²) in [4.78, 5) is 22.7. The van der Waals surface area contributed by atoms with E-state index in [2.05, 4.69) is 0 Å². The topological polar surface area (TPSA) is 115 Å². The number of ketones is 2. The molecule has 0 amide bonds. The molecule has 0 atom stereocenters. The van der Waals surface area contributed by atoms with Crippen molar-refractivity contribution >= 4 is 11.6 Å². The lowest BCUT2D eigenvalue weighted by molar-refractivity contribution is 0.0967. The van der Waals surface area contributed by atoms with Gasteiger partial charge in [0.2, 0.25) is 0 Å². The largest absolute Gasteiger partial charge is 0.507 e. The first kappa shape index (κ1) is 21.0. The number of Topliss-reactive ketones (excluding diaryl/α,β-unsaturated/α-hetero) is 2. The number of phenols is 4. The molecule has 0 bridgehead atoms. The Kier molecular flexibility index (Phi) is 8.15. The van der Waals surface area contributed by atoms with Gasteiger partial charge in [-0.15, -0.1) is 0 Å². The molecule has 6 nitrogen and oxygen atoms in total. The van der Waals surface area contributed by atoms with Gasteiger partial charge in [0.1, 0.15) is 34.1 Å². The molecule has 0 heterocycles. The summed E-state index contributed by atoms with van der Waals surface area (Å²) in [6, 6.07) is 8.55. The van der Waals surface area contributed by atoms with Gasteiger partial charge < -0.3 is 20.4 Å². The fourth-order valence-electron chi connectivity index (χ4n) is 2.33.